The van der Waals surface area contributed by atoms with Crippen LogP contribution in [0.2, 0.25) is 0 Å². The lowest BCUT2D eigenvalue weighted by molar-refractivity contribution is 0.0965. The van der Waals surface area contributed by atoms with Crippen molar-refractivity contribution in [1.29, 1.82) is 0 Å². The molecule has 2 rings (SSSR count). The van der Waals surface area contributed by atoms with Crippen LogP contribution >= 0.6 is 0 Å². The third-order valence-corrected chi connectivity index (χ3v) is 3.37. The molecule has 4 N–H and O–H groups in total. The van der Waals surface area contributed by atoms with E-state index in [4.69, 9.17) is 15.2 Å². The minimum absolute atomic E-state index is 0.191. The topological polar surface area (TPSA) is 103 Å². The number of nitrogens with two attached hydrogens (primary N) is 1. The molecule has 0 spiro atoms. The van der Waals surface area contributed by atoms with Crippen LogP contribution in [-0.4, -0.2) is 26.2 Å². The van der Waals surface area contributed by atoms with Gasteiger partial charge < -0.3 is 20.5 Å². The molecule has 0 aromatic heterocycles. The summed E-state index contributed by atoms with van der Waals surface area (Å²) in [6, 6.07) is 11.1. The van der Waals surface area contributed by atoms with Gasteiger partial charge in [-0.15, -0.1) is 0 Å². The molecule has 7 nitrogen and oxygen atoms in total. The maximum atomic E-state index is 12.0. The van der Waals surface area contributed by atoms with Gasteiger partial charge >= 0.3 is 6.03 Å². The predicted octanol–water partition coefficient (Wildman–Crippen LogP) is 1.93. The van der Waals surface area contributed by atoms with E-state index in [0.29, 0.717) is 17.2 Å². The maximum absolute atomic E-state index is 12.0. The summed E-state index contributed by atoms with van der Waals surface area (Å²) in [5.74, 6) is 0.662. The number of carbonyl (C=O) groups excluding carboxylic acids is 2. The molecule has 2 aromatic rings. The minimum Gasteiger partial charge on any atom is -0.497 e. The van der Waals surface area contributed by atoms with E-state index in [9.17, 15) is 9.59 Å². The number of benzene rings is 2. The Kier molecular flexibility index (Phi) is 5.62. The van der Waals surface area contributed by atoms with E-state index in [2.05, 4.69) is 10.6 Å². The number of nitrogens with one attached hydrogen (secondary N) is 2. The molecular formula is C17H19N3O4. The van der Waals surface area contributed by atoms with Crippen molar-refractivity contribution >= 4 is 17.6 Å². The van der Waals surface area contributed by atoms with Gasteiger partial charge in [0.25, 0.3) is 5.91 Å². The van der Waals surface area contributed by atoms with Crippen LogP contribution in [0.15, 0.2) is 42.5 Å². The summed E-state index contributed by atoms with van der Waals surface area (Å²) in [6.45, 7) is 0.191. The standard InChI is InChI=1S/C17H19N3O4/c1-23-12-8-7-11(15(9-12)24-2)10-19-17(22)20-16(21)13-5-3-4-6-14(13)18/h3-9H,10,18H2,1-2H3,(H2,19,20,21,22). The van der Waals surface area contributed by atoms with Crippen LogP contribution in [-0.2, 0) is 6.54 Å². The maximum Gasteiger partial charge on any atom is 0.321 e. The fourth-order valence-corrected chi connectivity index (χ4v) is 2.09. The van der Waals surface area contributed by atoms with Crippen molar-refractivity contribution in [2.75, 3.05) is 20.0 Å². The second-order valence-electron chi connectivity index (χ2n) is 4.90. The molecular weight excluding hydrogens is 310 g/mol. The summed E-state index contributed by atoms with van der Waals surface area (Å²) in [5, 5.41) is 4.83. The first-order chi connectivity index (χ1) is 11.5. The Balaban J connectivity index is 1.96. The molecule has 0 atom stereocenters. The second kappa shape index (κ2) is 7.87. The van der Waals surface area contributed by atoms with Gasteiger partial charge in [0.2, 0.25) is 0 Å². The van der Waals surface area contributed by atoms with Gasteiger partial charge in [0.15, 0.2) is 0 Å². The lowest BCUT2D eigenvalue weighted by atomic mass is 10.1. The molecule has 0 saturated carbocycles. The molecule has 0 fully saturated rings. The number of methoxy groups -OCH3 is 2. The molecule has 0 aliphatic heterocycles. The Morgan fingerprint density at radius 2 is 1.83 bits per heavy atom. The lowest BCUT2D eigenvalue weighted by Gasteiger charge is -2.12. The van der Waals surface area contributed by atoms with Gasteiger partial charge in [0, 0.05) is 23.9 Å². The summed E-state index contributed by atoms with van der Waals surface area (Å²) >= 11 is 0. The number of nitrogen functional groups attached to an aromatic ring is 1. The van der Waals surface area contributed by atoms with E-state index in [-0.39, 0.29) is 12.1 Å². The third kappa shape index (κ3) is 4.16. The van der Waals surface area contributed by atoms with Gasteiger partial charge in [-0.2, -0.15) is 0 Å². The average Bonchev–Trinajstić information content (AvgIpc) is 2.60. The summed E-state index contributed by atoms with van der Waals surface area (Å²) in [4.78, 5) is 23.9. The Bertz CT molecular complexity index is 746. The van der Waals surface area contributed by atoms with Crippen molar-refractivity contribution in [3.63, 3.8) is 0 Å². The lowest BCUT2D eigenvalue weighted by Crippen LogP contribution is -2.39. The van der Waals surface area contributed by atoms with Crippen LogP contribution in [0.5, 0.6) is 11.5 Å². The van der Waals surface area contributed by atoms with Crippen molar-refractivity contribution in [3.8, 4) is 11.5 Å². The Labute approximate surface area is 139 Å². The van der Waals surface area contributed by atoms with Gasteiger partial charge in [0.05, 0.1) is 19.8 Å². The van der Waals surface area contributed by atoms with Crippen molar-refractivity contribution in [2.45, 2.75) is 6.54 Å². The van der Waals surface area contributed by atoms with Crippen LogP contribution in [0, 0.1) is 0 Å². The van der Waals surface area contributed by atoms with Crippen molar-refractivity contribution in [3.05, 3.63) is 53.6 Å². The van der Waals surface area contributed by atoms with E-state index >= 15 is 0 Å². The van der Waals surface area contributed by atoms with E-state index in [1.165, 1.54) is 7.11 Å². The molecule has 0 aliphatic rings. The number of hydrogen-bond acceptors (Lipinski definition) is 5. The normalized spacial score (nSPS) is 9.92. The molecule has 0 unspecified atom stereocenters. The number of carbonyl (C=O) groups is 2. The highest BCUT2D eigenvalue weighted by Gasteiger charge is 2.13. The monoisotopic (exact) mass is 329 g/mol. The smallest absolute Gasteiger partial charge is 0.321 e. The van der Waals surface area contributed by atoms with Crippen LogP contribution in [0.1, 0.15) is 15.9 Å². The zero-order valence-corrected chi connectivity index (χ0v) is 13.5. The first-order valence-electron chi connectivity index (χ1n) is 7.19. The van der Waals surface area contributed by atoms with E-state index in [1.807, 2.05) is 0 Å². The van der Waals surface area contributed by atoms with Gasteiger partial charge in [-0.25, -0.2) is 4.79 Å². The molecule has 126 valence electrons. The Morgan fingerprint density at radius 3 is 2.50 bits per heavy atom. The van der Waals surface area contributed by atoms with Gasteiger partial charge in [-0.05, 0) is 24.3 Å². The first-order valence-corrected chi connectivity index (χ1v) is 7.19. The number of hydrogen-bond donors (Lipinski definition) is 3. The minimum atomic E-state index is -0.624. The fourth-order valence-electron chi connectivity index (χ4n) is 2.09. The molecule has 0 aliphatic carbocycles. The first kappa shape index (κ1) is 17.1. The highest BCUT2D eigenvalue weighted by Crippen LogP contribution is 2.24. The van der Waals surface area contributed by atoms with Gasteiger partial charge in [0.1, 0.15) is 11.5 Å². The summed E-state index contributed by atoms with van der Waals surface area (Å²) < 4.78 is 10.4. The predicted molar refractivity (Wildman–Crippen MR) is 90.1 cm³/mol. The number of imide groups is 1. The fraction of sp³-hybridized carbons (Fsp3) is 0.176. The SMILES string of the molecule is COc1ccc(CNC(=O)NC(=O)c2ccccc2N)c(OC)c1. The number of amides is 3. The Morgan fingerprint density at radius 1 is 1.08 bits per heavy atom. The highest BCUT2D eigenvalue weighted by atomic mass is 16.5. The molecule has 24 heavy (non-hydrogen) atoms. The van der Waals surface area contributed by atoms with Crippen molar-refractivity contribution < 1.29 is 19.1 Å². The summed E-state index contributed by atoms with van der Waals surface area (Å²) in [5.41, 5.74) is 7.01. The van der Waals surface area contributed by atoms with E-state index in [0.717, 1.165) is 5.56 Å². The number of para-hydroxylation sites is 1. The molecule has 0 bridgehead atoms. The van der Waals surface area contributed by atoms with Crippen molar-refractivity contribution in [1.82, 2.24) is 10.6 Å². The van der Waals surface area contributed by atoms with Crippen LogP contribution in [0.3, 0.4) is 0 Å². The quantitative estimate of drug-likeness (QED) is 0.727. The number of rotatable bonds is 5. The number of anilines is 1. The number of urea groups is 1. The largest absolute Gasteiger partial charge is 0.497 e. The summed E-state index contributed by atoms with van der Waals surface area (Å²) in [6.07, 6.45) is 0. The van der Waals surface area contributed by atoms with Crippen LogP contribution in [0.4, 0.5) is 10.5 Å². The molecule has 0 heterocycles. The zero-order chi connectivity index (χ0) is 17.5. The number of ether oxygens (including phenoxy) is 2. The average molecular weight is 329 g/mol. The second-order valence-corrected chi connectivity index (χ2v) is 4.90. The zero-order valence-electron chi connectivity index (χ0n) is 13.5. The van der Waals surface area contributed by atoms with Gasteiger partial charge in [-0.1, -0.05) is 12.1 Å². The Hall–Kier alpha value is -3.22. The molecule has 0 saturated heterocycles. The molecule has 0 radical (unpaired) electrons. The van der Waals surface area contributed by atoms with E-state index < -0.39 is 11.9 Å². The summed E-state index contributed by atoms with van der Waals surface area (Å²) in [7, 11) is 3.08. The highest BCUT2D eigenvalue weighted by molar-refractivity contribution is 6.07. The third-order valence-electron chi connectivity index (χ3n) is 3.37. The van der Waals surface area contributed by atoms with Crippen molar-refractivity contribution in [2.24, 2.45) is 0 Å². The molecule has 7 heteroatoms. The van der Waals surface area contributed by atoms with Crippen LogP contribution in [0.25, 0.3) is 0 Å². The van der Waals surface area contributed by atoms with Gasteiger partial charge in [-0.3, -0.25) is 10.1 Å². The van der Waals surface area contributed by atoms with E-state index in [1.54, 1.807) is 49.6 Å². The molecule has 2 aromatic carbocycles. The van der Waals surface area contributed by atoms with Crippen LogP contribution < -0.4 is 25.8 Å². The molecule has 3 amide bonds.